The van der Waals surface area contributed by atoms with Crippen LogP contribution in [0.4, 0.5) is 57.1 Å². The summed E-state index contributed by atoms with van der Waals surface area (Å²) in [5, 5.41) is 10.9. The minimum absolute atomic E-state index is 0.167. The van der Waals surface area contributed by atoms with Crippen molar-refractivity contribution in [2.45, 2.75) is 42.5 Å². The average Bonchev–Trinajstić information content (AvgIpc) is 2.88. The first-order chi connectivity index (χ1) is 19.6. The van der Waals surface area contributed by atoms with E-state index < -0.39 is 76.5 Å². The van der Waals surface area contributed by atoms with Crippen LogP contribution in [0, 0.1) is 0 Å². The van der Waals surface area contributed by atoms with Gasteiger partial charge in [0.2, 0.25) is 0 Å². The molecule has 43 heavy (non-hydrogen) atoms. The molecular weight excluding hydrogens is 641 g/mol. The third kappa shape index (κ3) is 7.65. The van der Waals surface area contributed by atoms with Crippen LogP contribution < -0.4 is 10.1 Å². The van der Waals surface area contributed by atoms with Crippen LogP contribution in [0.2, 0.25) is 5.02 Å². The first-order valence-corrected chi connectivity index (χ1v) is 12.0. The smallest absolute Gasteiger partial charge is 0.457 e. The molecule has 0 fully saturated rings. The minimum atomic E-state index is -6.67. The molecule has 0 heterocycles. The van der Waals surface area contributed by atoms with Crippen molar-refractivity contribution in [2.75, 3.05) is 6.54 Å². The molecule has 0 aliphatic rings. The van der Waals surface area contributed by atoms with E-state index in [2.05, 4.69) is 5.32 Å². The Morgan fingerprint density at radius 1 is 0.721 bits per heavy atom. The van der Waals surface area contributed by atoms with Crippen molar-refractivity contribution in [2.24, 2.45) is 0 Å². The highest BCUT2D eigenvalue weighted by Gasteiger charge is 2.73. The highest BCUT2D eigenvalue weighted by atomic mass is 35.5. The lowest BCUT2D eigenvalue weighted by molar-refractivity contribution is -0.359. The monoisotopic (exact) mass is 657 g/mol. The summed E-state index contributed by atoms with van der Waals surface area (Å²) in [5.74, 6) is -13.0. The Balaban J connectivity index is 2.06. The van der Waals surface area contributed by atoms with E-state index in [9.17, 15) is 62.2 Å². The maximum atomic E-state index is 14.4. The molecule has 0 spiro atoms. The second-order valence-electron chi connectivity index (χ2n) is 8.98. The van der Waals surface area contributed by atoms with E-state index >= 15 is 0 Å². The van der Waals surface area contributed by atoms with E-state index in [1.807, 2.05) is 0 Å². The fourth-order valence-corrected chi connectivity index (χ4v) is 3.95. The molecule has 2 N–H and O–H groups in total. The number of aliphatic hydroxyl groups is 1. The highest BCUT2D eigenvalue weighted by molar-refractivity contribution is 6.31. The lowest BCUT2D eigenvalue weighted by atomic mass is 9.93. The molecule has 0 saturated carbocycles. The summed E-state index contributed by atoms with van der Waals surface area (Å²) in [6, 6.07) is 7.36. The summed E-state index contributed by atoms with van der Waals surface area (Å²) in [7, 11) is 0. The second-order valence-corrected chi connectivity index (χ2v) is 9.39. The first-order valence-electron chi connectivity index (χ1n) is 11.6. The zero-order valence-corrected chi connectivity index (χ0v) is 21.6. The normalized spacial score (nSPS) is 14.9. The second kappa shape index (κ2) is 12.0. The van der Waals surface area contributed by atoms with Crippen LogP contribution in [0.3, 0.4) is 0 Å². The van der Waals surface area contributed by atoms with E-state index in [1.54, 1.807) is 0 Å². The number of ether oxygens (including phenoxy) is 1. The van der Waals surface area contributed by atoms with Gasteiger partial charge in [0.25, 0.3) is 0 Å². The molecular formula is C26H17ClF13NO2. The summed E-state index contributed by atoms with van der Waals surface area (Å²) in [6.45, 7) is -1.30. The largest absolute Gasteiger partial charge is 0.460 e. The molecule has 3 aromatic carbocycles. The summed E-state index contributed by atoms with van der Waals surface area (Å²) in [4.78, 5) is 0. The van der Waals surface area contributed by atoms with Gasteiger partial charge in [-0.2, -0.15) is 57.1 Å². The maximum absolute atomic E-state index is 14.4. The van der Waals surface area contributed by atoms with Crippen molar-refractivity contribution in [3.05, 3.63) is 94.0 Å². The molecule has 3 nitrogen and oxygen atoms in total. The third-order valence-corrected chi connectivity index (χ3v) is 6.23. The zero-order valence-electron chi connectivity index (χ0n) is 20.9. The van der Waals surface area contributed by atoms with Gasteiger partial charge in [0.1, 0.15) is 11.5 Å². The van der Waals surface area contributed by atoms with Crippen LogP contribution in [-0.4, -0.2) is 36.0 Å². The first kappa shape index (κ1) is 34.3. The van der Waals surface area contributed by atoms with Gasteiger partial charge in [-0.1, -0.05) is 41.9 Å². The molecule has 0 aromatic heterocycles. The fraction of sp³-hybridized carbons (Fsp3) is 0.308. The quantitative estimate of drug-likeness (QED) is 0.226. The number of alkyl halides is 13. The van der Waals surface area contributed by atoms with Gasteiger partial charge in [-0.15, -0.1) is 0 Å². The van der Waals surface area contributed by atoms with Gasteiger partial charge in [0.15, 0.2) is 6.10 Å². The third-order valence-electron chi connectivity index (χ3n) is 5.90. The topological polar surface area (TPSA) is 41.5 Å². The van der Waals surface area contributed by atoms with Crippen LogP contribution >= 0.6 is 11.6 Å². The minimum Gasteiger partial charge on any atom is -0.457 e. The molecule has 0 saturated heterocycles. The Bertz CT molecular complexity index is 1420. The number of nitrogens with one attached hydrogen (secondary N) is 1. The fourth-order valence-electron chi connectivity index (χ4n) is 3.72. The van der Waals surface area contributed by atoms with Crippen molar-refractivity contribution < 1.29 is 66.9 Å². The van der Waals surface area contributed by atoms with Gasteiger partial charge >= 0.3 is 30.4 Å². The molecule has 17 heteroatoms. The molecule has 0 amide bonds. The molecule has 3 rings (SSSR count). The number of benzene rings is 3. The average molecular weight is 658 g/mol. The van der Waals surface area contributed by atoms with Gasteiger partial charge < -0.3 is 15.2 Å². The molecule has 0 aliphatic carbocycles. The molecule has 2 unspecified atom stereocenters. The van der Waals surface area contributed by atoms with Gasteiger partial charge in [-0.3, -0.25) is 0 Å². The Morgan fingerprint density at radius 2 is 1.28 bits per heavy atom. The number of halogens is 14. The summed E-state index contributed by atoms with van der Waals surface area (Å²) < 4.78 is 178. The predicted molar refractivity (Wildman–Crippen MR) is 126 cm³/mol. The van der Waals surface area contributed by atoms with Crippen molar-refractivity contribution in [3.8, 4) is 11.5 Å². The van der Waals surface area contributed by atoms with E-state index in [0.29, 0.717) is 12.1 Å². The van der Waals surface area contributed by atoms with Gasteiger partial charge in [-0.05, 0) is 47.5 Å². The number of rotatable bonds is 9. The highest BCUT2D eigenvalue weighted by Crippen LogP contribution is 2.52. The molecule has 0 aliphatic heterocycles. The van der Waals surface area contributed by atoms with E-state index in [4.69, 9.17) is 16.3 Å². The summed E-state index contributed by atoms with van der Waals surface area (Å²) >= 11 is 5.56. The van der Waals surface area contributed by atoms with Crippen molar-refractivity contribution in [1.82, 2.24) is 5.32 Å². The standard InChI is InChI=1S/C26H17ClF13NO2/c27-19-8-7-17(11-18(19)23(30,31)32)43-16-6-2-4-14(10-16)21(41-12-20(42)24(33,34)35)13-3-1-5-15(9-13)22(28,29)25(36,37)26(38,39)40/h1-11,20-21,41-42H,12H2. The molecule has 3 aromatic rings. The summed E-state index contributed by atoms with van der Waals surface area (Å²) in [6.07, 6.45) is -19.7. The molecule has 2 atom stereocenters. The molecule has 236 valence electrons. The van der Waals surface area contributed by atoms with Crippen molar-refractivity contribution >= 4 is 11.6 Å². The number of hydrogen-bond donors (Lipinski definition) is 2. The van der Waals surface area contributed by atoms with Gasteiger partial charge in [-0.25, -0.2) is 0 Å². The lowest BCUT2D eigenvalue weighted by Gasteiger charge is -2.29. The molecule has 0 bridgehead atoms. The Morgan fingerprint density at radius 3 is 1.84 bits per heavy atom. The SMILES string of the molecule is OC(CNC(c1cccc(Oc2ccc(Cl)c(C(F)(F)F)c2)c1)c1cccc(C(F)(F)C(F)(F)C(F)(F)F)c1)C(F)(F)F. The van der Waals surface area contributed by atoms with Crippen LogP contribution in [-0.2, 0) is 12.1 Å². The number of hydrogen-bond acceptors (Lipinski definition) is 3. The van der Waals surface area contributed by atoms with Gasteiger partial charge in [0, 0.05) is 12.1 Å². The molecule has 0 radical (unpaired) electrons. The lowest BCUT2D eigenvalue weighted by Crippen LogP contribution is -2.50. The maximum Gasteiger partial charge on any atom is 0.460 e. The Labute approximate surface area is 238 Å². The van der Waals surface area contributed by atoms with Crippen LogP contribution in [0.5, 0.6) is 11.5 Å². The van der Waals surface area contributed by atoms with Crippen molar-refractivity contribution in [3.63, 3.8) is 0 Å². The summed E-state index contributed by atoms with van der Waals surface area (Å²) in [5.41, 5.74) is -3.80. The van der Waals surface area contributed by atoms with E-state index in [0.717, 1.165) is 30.3 Å². The number of aliphatic hydroxyl groups excluding tert-OH is 1. The predicted octanol–water partition coefficient (Wildman–Crippen LogP) is 9.04. The van der Waals surface area contributed by atoms with Crippen LogP contribution in [0.15, 0.2) is 66.7 Å². The Kier molecular flexibility index (Phi) is 9.59. The Hall–Kier alpha value is -3.24. The van der Waals surface area contributed by atoms with E-state index in [1.165, 1.54) is 12.1 Å². The van der Waals surface area contributed by atoms with Crippen LogP contribution in [0.25, 0.3) is 0 Å². The van der Waals surface area contributed by atoms with Crippen LogP contribution in [0.1, 0.15) is 28.3 Å². The van der Waals surface area contributed by atoms with Gasteiger partial charge in [0.05, 0.1) is 16.6 Å². The zero-order chi connectivity index (χ0) is 32.6. The van der Waals surface area contributed by atoms with Crippen molar-refractivity contribution in [1.29, 1.82) is 0 Å². The van der Waals surface area contributed by atoms with E-state index in [-0.39, 0.29) is 23.4 Å².